The number of nitrogens with zero attached hydrogens (tertiary/aromatic N) is 1. The minimum atomic E-state index is 0.0797. The van der Waals surface area contributed by atoms with Crippen LogP contribution in [0, 0.1) is 6.92 Å². The van der Waals surface area contributed by atoms with Gasteiger partial charge >= 0.3 is 0 Å². The van der Waals surface area contributed by atoms with Crippen LogP contribution in [0.1, 0.15) is 32.8 Å². The van der Waals surface area contributed by atoms with Crippen LogP contribution in [0.25, 0.3) is 0 Å². The van der Waals surface area contributed by atoms with Gasteiger partial charge in [0.25, 0.3) is 5.56 Å². The predicted molar refractivity (Wildman–Crippen MR) is 67.8 cm³/mol. The number of pyridine rings is 1. The quantitative estimate of drug-likeness (QED) is 0.826. The Bertz CT molecular complexity index is 393. The van der Waals surface area contributed by atoms with Crippen LogP contribution in [-0.4, -0.2) is 16.7 Å². The van der Waals surface area contributed by atoms with E-state index in [9.17, 15) is 4.79 Å². The molecule has 1 aromatic heterocycles. The van der Waals surface area contributed by atoms with E-state index < -0.39 is 0 Å². The molecular weight excluding hydrogens is 200 g/mol. The monoisotopic (exact) mass is 222 g/mol. The molecule has 0 radical (unpaired) electrons. The molecule has 0 spiro atoms. The Kier molecular flexibility index (Phi) is 4.30. The Balaban J connectivity index is 2.53. The molecule has 0 bridgehead atoms. The standard InChI is InChI=1S/C13H22N2O/c1-5-13(3,4)14-7-9-15-8-6-11(2)10-12(15)16/h6,8,10,14H,5,7,9H2,1-4H3. The second-order valence-electron chi connectivity index (χ2n) is 4.90. The van der Waals surface area contributed by atoms with Crippen LogP contribution in [0.5, 0.6) is 0 Å². The lowest BCUT2D eigenvalue weighted by Gasteiger charge is -2.24. The fourth-order valence-electron chi connectivity index (χ4n) is 1.43. The molecule has 0 amide bonds. The number of hydrogen-bond acceptors (Lipinski definition) is 2. The molecule has 1 rings (SSSR count). The Morgan fingerprint density at radius 2 is 2.12 bits per heavy atom. The maximum atomic E-state index is 11.6. The van der Waals surface area contributed by atoms with Crippen molar-refractivity contribution in [3.05, 3.63) is 34.2 Å². The summed E-state index contributed by atoms with van der Waals surface area (Å²) >= 11 is 0. The normalized spacial score (nSPS) is 11.8. The lowest BCUT2D eigenvalue weighted by atomic mass is 10.0. The molecule has 90 valence electrons. The van der Waals surface area contributed by atoms with Crippen LogP contribution >= 0.6 is 0 Å². The van der Waals surface area contributed by atoms with Gasteiger partial charge in [0.15, 0.2) is 0 Å². The smallest absolute Gasteiger partial charge is 0.250 e. The largest absolute Gasteiger partial charge is 0.314 e. The van der Waals surface area contributed by atoms with Crippen LogP contribution in [-0.2, 0) is 6.54 Å². The van der Waals surface area contributed by atoms with Crippen molar-refractivity contribution in [1.29, 1.82) is 0 Å². The highest BCUT2D eigenvalue weighted by molar-refractivity contribution is 5.07. The molecule has 3 heteroatoms. The van der Waals surface area contributed by atoms with Crippen LogP contribution in [0.4, 0.5) is 0 Å². The van der Waals surface area contributed by atoms with E-state index in [0.29, 0.717) is 0 Å². The van der Waals surface area contributed by atoms with Gasteiger partial charge in [0.2, 0.25) is 0 Å². The highest BCUT2D eigenvalue weighted by Crippen LogP contribution is 2.05. The van der Waals surface area contributed by atoms with Crippen molar-refractivity contribution in [1.82, 2.24) is 9.88 Å². The summed E-state index contributed by atoms with van der Waals surface area (Å²) in [5.74, 6) is 0. The summed E-state index contributed by atoms with van der Waals surface area (Å²) in [4.78, 5) is 11.6. The molecule has 0 fully saturated rings. The number of aryl methyl sites for hydroxylation is 1. The van der Waals surface area contributed by atoms with Gasteiger partial charge in [-0.15, -0.1) is 0 Å². The van der Waals surface area contributed by atoms with Gasteiger partial charge in [0.05, 0.1) is 0 Å². The van der Waals surface area contributed by atoms with Crippen LogP contribution in [0.3, 0.4) is 0 Å². The second-order valence-corrected chi connectivity index (χ2v) is 4.90. The number of hydrogen-bond donors (Lipinski definition) is 1. The van der Waals surface area contributed by atoms with E-state index in [1.165, 1.54) is 0 Å². The van der Waals surface area contributed by atoms with Crippen molar-refractivity contribution in [2.75, 3.05) is 6.54 Å². The molecule has 0 saturated carbocycles. The molecule has 0 atom stereocenters. The van der Waals surface area contributed by atoms with Crippen molar-refractivity contribution in [3.63, 3.8) is 0 Å². The molecule has 1 aromatic rings. The molecule has 0 unspecified atom stereocenters. The van der Waals surface area contributed by atoms with E-state index in [4.69, 9.17) is 0 Å². The van der Waals surface area contributed by atoms with Crippen molar-refractivity contribution in [2.45, 2.75) is 46.2 Å². The molecule has 0 aliphatic rings. The fraction of sp³-hybridized carbons (Fsp3) is 0.615. The van der Waals surface area contributed by atoms with Gasteiger partial charge < -0.3 is 9.88 Å². The Morgan fingerprint density at radius 1 is 1.44 bits per heavy atom. The first-order valence-corrected chi connectivity index (χ1v) is 5.87. The van der Waals surface area contributed by atoms with Gasteiger partial charge in [0, 0.05) is 30.9 Å². The van der Waals surface area contributed by atoms with Crippen molar-refractivity contribution >= 4 is 0 Å². The highest BCUT2D eigenvalue weighted by Gasteiger charge is 2.12. The van der Waals surface area contributed by atoms with Crippen LogP contribution in [0.2, 0.25) is 0 Å². The zero-order valence-electron chi connectivity index (χ0n) is 10.7. The van der Waals surface area contributed by atoms with Crippen molar-refractivity contribution in [2.24, 2.45) is 0 Å². The van der Waals surface area contributed by atoms with E-state index in [-0.39, 0.29) is 11.1 Å². The zero-order chi connectivity index (χ0) is 12.2. The molecule has 0 saturated heterocycles. The minimum Gasteiger partial charge on any atom is -0.314 e. The Hall–Kier alpha value is -1.09. The van der Waals surface area contributed by atoms with Gasteiger partial charge in [-0.3, -0.25) is 4.79 Å². The predicted octanol–water partition coefficient (Wildman–Crippen LogP) is 1.93. The summed E-state index contributed by atoms with van der Waals surface area (Å²) in [6.07, 6.45) is 2.94. The third-order valence-corrected chi connectivity index (χ3v) is 2.99. The van der Waals surface area contributed by atoms with Crippen molar-refractivity contribution in [3.8, 4) is 0 Å². The molecule has 0 aromatic carbocycles. The number of rotatable bonds is 5. The Labute approximate surface area is 97.5 Å². The first-order chi connectivity index (χ1) is 7.44. The van der Waals surface area contributed by atoms with Crippen LogP contribution < -0.4 is 10.9 Å². The maximum absolute atomic E-state index is 11.6. The lowest BCUT2D eigenvalue weighted by Crippen LogP contribution is -2.41. The van der Waals surface area contributed by atoms with E-state index in [1.807, 2.05) is 19.2 Å². The first kappa shape index (κ1) is 13.0. The summed E-state index contributed by atoms with van der Waals surface area (Å²) in [6.45, 7) is 9.98. The highest BCUT2D eigenvalue weighted by atomic mass is 16.1. The van der Waals surface area contributed by atoms with E-state index >= 15 is 0 Å². The molecule has 0 aliphatic carbocycles. The summed E-state index contributed by atoms with van der Waals surface area (Å²) in [6, 6.07) is 3.64. The summed E-state index contributed by atoms with van der Waals surface area (Å²) in [7, 11) is 0. The van der Waals surface area contributed by atoms with E-state index in [0.717, 1.165) is 25.1 Å². The van der Waals surface area contributed by atoms with Gasteiger partial charge in [-0.05, 0) is 38.8 Å². The Morgan fingerprint density at radius 3 is 2.69 bits per heavy atom. The summed E-state index contributed by atoms with van der Waals surface area (Å²) in [5.41, 5.74) is 1.24. The van der Waals surface area contributed by atoms with E-state index in [2.05, 4.69) is 26.1 Å². The third kappa shape index (κ3) is 3.81. The van der Waals surface area contributed by atoms with Gasteiger partial charge in [-0.2, -0.15) is 0 Å². The van der Waals surface area contributed by atoms with E-state index in [1.54, 1.807) is 10.6 Å². The fourth-order valence-corrected chi connectivity index (χ4v) is 1.43. The molecule has 3 nitrogen and oxygen atoms in total. The second kappa shape index (κ2) is 5.30. The average Bonchev–Trinajstić information content (AvgIpc) is 2.21. The molecule has 1 N–H and O–H groups in total. The molecular formula is C13H22N2O. The van der Waals surface area contributed by atoms with Gasteiger partial charge in [0.1, 0.15) is 0 Å². The molecule has 1 heterocycles. The summed E-state index contributed by atoms with van der Waals surface area (Å²) < 4.78 is 1.74. The average molecular weight is 222 g/mol. The number of aromatic nitrogens is 1. The molecule has 0 aliphatic heterocycles. The molecule has 16 heavy (non-hydrogen) atoms. The SMILES string of the molecule is CCC(C)(C)NCCn1ccc(C)cc1=O. The van der Waals surface area contributed by atoms with Crippen LogP contribution in [0.15, 0.2) is 23.1 Å². The van der Waals surface area contributed by atoms with Crippen molar-refractivity contribution < 1.29 is 0 Å². The number of nitrogens with one attached hydrogen (secondary N) is 1. The van der Waals surface area contributed by atoms with Gasteiger partial charge in [-0.1, -0.05) is 6.92 Å². The lowest BCUT2D eigenvalue weighted by molar-refractivity contribution is 0.366. The topological polar surface area (TPSA) is 34.0 Å². The minimum absolute atomic E-state index is 0.0797. The first-order valence-electron chi connectivity index (χ1n) is 5.87. The maximum Gasteiger partial charge on any atom is 0.250 e. The third-order valence-electron chi connectivity index (χ3n) is 2.99. The summed E-state index contributed by atoms with van der Waals surface area (Å²) in [5, 5.41) is 3.44. The van der Waals surface area contributed by atoms with Gasteiger partial charge in [-0.25, -0.2) is 0 Å². The zero-order valence-corrected chi connectivity index (χ0v) is 10.7.